The van der Waals surface area contributed by atoms with Gasteiger partial charge in [-0.15, -0.1) is 0 Å². The summed E-state index contributed by atoms with van der Waals surface area (Å²) in [5.41, 5.74) is 1.84. The molecule has 0 saturated carbocycles. The standard InChI is InChI=1S/C21H20FN3O/c22-18-10-4-5-11-19(18)25-21(26)17-12-13-20(24-15-17)23-14-6-9-16-7-2-1-3-8-16/h1-5,7-8,10-13,15H,6,9,14H2,(H,23,24)(H,25,26). The Labute approximate surface area is 152 Å². The lowest BCUT2D eigenvalue weighted by Crippen LogP contribution is -2.13. The van der Waals surface area contributed by atoms with Crippen LogP contribution >= 0.6 is 0 Å². The number of carbonyl (C=O) groups is 1. The van der Waals surface area contributed by atoms with Crippen molar-refractivity contribution in [2.75, 3.05) is 17.2 Å². The van der Waals surface area contributed by atoms with Crippen molar-refractivity contribution in [2.45, 2.75) is 12.8 Å². The number of aromatic nitrogens is 1. The Bertz CT molecular complexity index is 851. The van der Waals surface area contributed by atoms with Crippen LogP contribution in [0.15, 0.2) is 72.9 Å². The number of halogens is 1. The van der Waals surface area contributed by atoms with Gasteiger partial charge >= 0.3 is 0 Å². The van der Waals surface area contributed by atoms with Crippen molar-refractivity contribution in [2.24, 2.45) is 0 Å². The first-order chi connectivity index (χ1) is 12.7. The van der Waals surface area contributed by atoms with E-state index >= 15 is 0 Å². The third-order valence-corrected chi connectivity index (χ3v) is 3.94. The second kappa shape index (κ2) is 8.76. The molecule has 0 spiro atoms. The van der Waals surface area contributed by atoms with Crippen molar-refractivity contribution >= 4 is 17.4 Å². The maximum atomic E-state index is 13.6. The zero-order chi connectivity index (χ0) is 18.2. The average Bonchev–Trinajstić information content (AvgIpc) is 2.68. The summed E-state index contributed by atoms with van der Waals surface area (Å²) in [6.07, 6.45) is 3.47. The molecule has 3 rings (SSSR count). The zero-order valence-corrected chi connectivity index (χ0v) is 14.3. The highest BCUT2D eigenvalue weighted by atomic mass is 19.1. The van der Waals surface area contributed by atoms with E-state index in [1.807, 2.05) is 18.2 Å². The fourth-order valence-corrected chi connectivity index (χ4v) is 2.54. The van der Waals surface area contributed by atoms with Gasteiger partial charge in [-0.1, -0.05) is 42.5 Å². The van der Waals surface area contributed by atoms with Crippen LogP contribution in [0.3, 0.4) is 0 Å². The minimum atomic E-state index is -0.467. The summed E-state index contributed by atoms with van der Waals surface area (Å²) in [7, 11) is 0. The summed E-state index contributed by atoms with van der Waals surface area (Å²) >= 11 is 0. The molecule has 1 aromatic heterocycles. The summed E-state index contributed by atoms with van der Waals surface area (Å²) in [6.45, 7) is 0.794. The highest BCUT2D eigenvalue weighted by Crippen LogP contribution is 2.14. The molecular weight excluding hydrogens is 329 g/mol. The Morgan fingerprint density at radius 2 is 1.73 bits per heavy atom. The van der Waals surface area contributed by atoms with Crippen molar-refractivity contribution < 1.29 is 9.18 Å². The fraction of sp³-hybridized carbons (Fsp3) is 0.143. The number of carbonyl (C=O) groups excluding carboxylic acids is 1. The summed E-state index contributed by atoms with van der Waals surface area (Å²) in [5.74, 6) is -0.149. The molecule has 0 aliphatic heterocycles. The summed E-state index contributed by atoms with van der Waals surface area (Å²) in [4.78, 5) is 16.4. The normalized spacial score (nSPS) is 10.3. The van der Waals surface area contributed by atoms with E-state index in [0.29, 0.717) is 11.4 Å². The first-order valence-corrected chi connectivity index (χ1v) is 8.52. The number of pyridine rings is 1. The van der Waals surface area contributed by atoms with Crippen LogP contribution in [0.1, 0.15) is 22.3 Å². The van der Waals surface area contributed by atoms with Crippen LogP contribution < -0.4 is 10.6 Å². The molecule has 0 bridgehead atoms. The number of amides is 1. The summed E-state index contributed by atoms with van der Waals surface area (Å²) in [5, 5.41) is 5.78. The van der Waals surface area contributed by atoms with Gasteiger partial charge in [0.2, 0.25) is 0 Å². The fourth-order valence-electron chi connectivity index (χ4n) is 2.54. The average molecular weight is 349 g/mol. The molecule has 5 heteroatoms. The molecule has 0 radical (unpaired) electrons. The number of nitrogens with one attached hydrogen (secondary N) is 2. The molecule has 0 fully saturated rings. The largest absolute Gasteiger partial charge is 0.370 e. The molecule has 0 aliphatic rings. The molecule has 0 aliphatic carbocycles. The van der Waals surface area contributed by atoms with Gasteiger partial charge < -0.3 is 10.6 Å². The van der Waals surface area contributed by atoms with Gasteiger partial charge in [0.15, 0.2) is 0 Å². The van der Waals surface area contributed by atoms with Crippen LogP contribution in [0.2, 0.25) is 0 Å². The van der Waals surface area contributed by atoms with E-state index in [1.165, 1.54) is 23.9 Å². The van der Waals surface area contributed by atoms with Gasteiger partial charge in [0.1, 0.15) is 11.6 Å². The number of benzene rings is 2. The number of rotatable bonds is 7. The smallest absolute Gasteiger partial charge is 0.257 e. The number of aryl methyl sites for hydroxylation is 1. The number of para-hydroxylation sites is 1. The van der Waals surface area contributed by atoms with E-state index in [4.69, 9.17) is 0 Å². The third kappa shape index (κ3) is 4.89. The van der Waals surface area contributed by atoms with Gasteiger partial charge in [-0.3, -0.25) is 4.79 Å². The number of hydrogen-bond acceptors (Lipinski definition) is 3. The summed E-state index contributed by atoms with van der Waals surface area (Å²) < 4.78 is 13.6. The minimum absolute atomic E-state index is 0.153. The number of hydrogen-bond donors (Lipinski definition) is 2. The topological polar surface area (TPSA) is 54.0 Å². The predicted molar refractivity (Wildman–Crippen MR) is 102 cm³/mol. The third-order valence-electron chi connectivity index (χ3n) is 3.94. The second-order valence-electron chi connectivity index (χ2n) is 5.88. The molecule has 2 N–H and O–H groups in total. The lowest BCUT2D eigenvalue weighted by Gasteiger charge is -2.08. The highest BCUT2D eigenvalue weighted by Gasteiger charge is 2.09. The van der Waals surface area contributed by atoms with E-state index in [-0.39, 0.29) is 5.69 Å². The summed E-state index contributed by atoms with van der Waals surface area (Å²) in [6, 6.07) is 19.8. The SMILES string of the molecule is O=C(Nc1ccccc1F)c1ccc(NCCCc2ccccc2)nc1. The first-order valence-electron chi connectivity index (χ1n) is 8.52. The van der Waals surface area contributed by atoms with Crippen molar-refractivity contribution in [3.05, 3.63) is 89.9 Å². The second-order valence-corrected chi connectivity index (χ2v) is 5.88. The van der Waals surface area contributed by atoms with Crippen LogP contribution in [-0.2, 0) is 6.42 Å². The van der Waals surface area contributed by atoms with E-state index in [1.54, 1.807) is 24.3 Å². The molecule has 0 atom stereocenters. The molecule has 26 heavy (non-hydrogen) atoms. The van der Waals surface area contributed by atoms with Gasteiger partial charge in [0, 0.05) is 12.7 Å². The Hall–Kier alpha value is -3.21. The van der Waals surface area contributed by atoms with E-state index in [0.717, 1.165) is 19.4 Å². The van der Waals surface area contributed by atoms with Crippen LogP contribution in [-0.4, -0.2) is 17.4 Å². The molecule has 2 aromatic carbocycles. The minimum Gasteiger partial charge on any atom is -0.370 e. The van der Waals surface area contributed by atoms with Crippen molar-refractivity contribution in [3.8, 4) is 0 Å². The highest BCUT2D eigenvalue weighted by molar-refractivity contribution is 6.04. The molecule has 4 nitrogen and oxygen atoms in total. The van der Waals surface area contributed by atoms with Crippen LogP contribution in [0, 0.1) is 5.82 Å². The molecule has 1 amide bonds. The molecule has 1 heterocycles. The molecule has 0 unspecified atom stereocenters. The van der Waals surface area contributed by atoms with E-state index in [2.05, 4.69) is 27.8 Å². The molecule has 0 saturated heterocycles. The maximum Gasteiger partial charge on any atom is 0.257 e. The van der Waals surface area contributed by atoms with E-state index in [9.17, 15) is 9.18 Å². The molecular formula is C21H20FN3O. The van der Waals surface area contributed by atoms with E-state index < -0.39 is 11.7 Å². The van der Waals surface area contributed by atoms with Gasteiger partial charge in [0.25, 0.3) is 5.91 Å². The lowest BCUT2D eigenvalue weighted by molar-refractivity contribution is 0.102. The van der Waals surface area contributed by atoms with Gasteiger partial charge in [-0.2, -0.15) is 0 Å². The monoisotopic (exact) mass is 349 g/mol. The Morgan fingerprint density at radius 3 is 2.46 bits per heavy atom. The van der Waals surface area contributed by atoms with Crippen LogP contribution in [0.5, 0.6) is 0 Å². The number of anilines is 2. The van der Waals surface area contributed by atoms with Gasteiger partial charge in [-0.25, -0.2) is 9.37 Å². The van der Waals surface area contributed by atoms with Gasteiger partial charge in [-0.05, 0) is 42.7 Å². The Kier molecular flexibility index (Phi) is 5.93. The molecule has 132 valence electrons. The van der Waals surface area contributed by atoms with Crippen LogP contribution in [0.25, 0.3) is 0 Å². The lowest BCUT2D eigenvalue weighted by atomic mass is 10.1. The molecule has 3 aromatic rings. The van der Waals surface area contributed by atoms with Crippen molar-refractivity contribution in [3.63, 3.8) is 0 Å². The number of nitrogens with zero attached hydrogens (tertiary/aromatic N) is 1. The quantitative estimate of drug-likeness (QED) is 0.617. The van der Waals surface area contributed by atoms with Crippen molar-refractivity contribution in [1.29, 1.82) is 0 Å². The van der Waals surface area contributed by atoms with Crippen LogP contribution in [0.4, 0.5) is 15.9 Å². The zero-order valence-electron chi connectivity index (χ0n) is 14.3. The Balaban J connectivity index is 1.48. The first kappa shape index (κ1) is 17.6. The maximum absolute atomic E-state index is 13.6. The van der Waals surface area contributed by atoms with Crippen molar-refractivity contribution in [1.82, 2.24) is 4.98 Å². The predicted octanol–water partition coefficient (Wildman–Crippen LogP) is 4.52. The van der Waals surface area contributed by atoms with Gasteiger partial charge in [0.05, 0.1) is 11.3 Å². The Morgan fingerprint density at radius 1 is 0.962 bits per heavy atom.